The van der Waals surface area contributed by atoms with E-state index in [1.807, 2.05) is 19.1 Å². The largest absolute Gasteiger partial charge is 0.385 e. The van der Waals surface area contributed by atoms with Gasteiger partial charge in [-0.15, -0.1) is 0 Å². The van der Waals surface area contributed by atoms with E-state index in [2.05, 4.69) is 32.2 Å². The minimum absolute atomic E-state index is 0.270. The first-order valence-electron chi connectivity index (χ1n) is 11.2. The molecule has 5 nitrogen and oxygen atoms in total. The van der Waals surface area contributed by atoms with Gasteiger partial charge in [-0.1, -0.05) is 6.08 Å². The summed E-state index contributed by atoms with van der Waals surface area (Å²) in [6, 6.07) is 11.2. The second-order valence-corrected chi connectivity index (χ2v) is 8.33. The predicted molar refractivity (Wildman–Crippen MR) is 132 cm³/mol. The van der Waals surface area contributed by atoms with Crippen molar-refractivity contribution >= 4 is 34.7 Å². The summed E-state index contributed by atoms with van der Waals surface area (Å²) in [5, 5.41) is 7.89. The standard InChI is InChI=1S/C26H29F2N5/c1-3-23(21-7-5-19(27)13-25(21)29-2)30-10-4-12-33-16-18(17-33)15-32-24-9-11-31-26-14-20(28)6-8-22(24)26/h3,5-9,11,13-14,18,30H,2,4,10,12,15-17H2,1H3,(H,31,32)/b23-3+. The summed E-state index contributed by atoms with van der Waals surface area (Å²) < 4.78 is 26.9. The van der Waals surface area contributed by atoms with Gasteiger partial charge in [0.2, 0.25) is 0 Å². The number of aromatic nitrogens is 1. The molecule has 0 spiro atoms. The topological polar surface area (TPSA) is 52.6 Å². The fourth-order valence-corrected chi connectivity index (χ4v) is 4.26. The summed E-state index contributed by atoms with van der Waals surface area (Å²) in [5.41, 5.74) is 4.00. The maximum absolute atomic E-state index is 13.5. The van der Waals surface area contributed by atoms with Crippen LogP contribution in [0, 0.1) is 17.6 Å². The predicted octanol–water partition coefficient (Wildman–Crippen LogP) is 5.23. The summed E-state index contributed by atoms with van der Waals surface area (Å²) in [6.45, 7) is 10.3. The van der Waals surface area contributed by atoms with Gasteiger partial charge in [0.15, 0.2) is 0 Å². The Kier molecular flexibility index (Phi) is 7.29. The molecule has 0 unspecified atom stereocenters. The molecule has 0 saturated carbocycles. The molecule has 2 aromatic carbocycles. The average Bonchev–Trinajstić information content (AvgIpc) is 2.79. The van der Waals surface area contributed by atoms with Crippen molar-refractivity contribution in [2.75, 3.05) is 38.0 Å². The molecule has 0 amide bonds. The highest BCUT2D eigenvalue weighted by molar-refractivity contribution is 5.90. The molecule has 1 saturated heterocycles. The molecule has 1 aliphatic rings. The quantitative estimate of drug-likeness (QED) is 0.329. The number of pyridine rings is 1. The van der Waals surface area contributed by atoms with Crippen molar-refractivity contribution < 1.29 is 8.78 Å². The van der Waals surface area contributed by atoms with Gasteiger partial charge >= 0.3 is 0 Å². The van der Waals surface area contributed by atoms with Crippen LogP contribution in [0.25, 0.3) is 16.6 Å². The minimum Gasteiger partial charge on any atom is -0.385 e. The number of rotatable bonds is 10. The molecule has 0 radical (unpaired) electrons. The number of allylic oxidation sites excluding steroid dienone is 1. The third-order valence-electron chi connectivity index (χ3n) is 5.99. The Labute approximate surface area is 193 Å². The van der Waals surface area contributed by atoms with Crippen molar-refractivity contribution in [3.05, 3.63) is 71.9 Å². The molecular weight excluding hydrogens is 420 g/mol. The van der Waals surface area contributed by atoms with Crippen LogP contribution >= 0.6 is 0 Å². The van der Waals surface area contributed by atoms with E-state index in [1.165, 1.54) is 24.3 Å². The first-order chi connectivity index (χ1) is 16.1. The molecular formula is C26H29F2N5. The van der Waals surface area contributed by atoms with E-state index in [0.717, 1.165) is 61.5 Å². The number of aliphatic imine (C=N–C) groups is 1. The van der Waals surface area contributed by atoms with Crippen LogP contribution in [0.3, 0.4) is 0 Å². The summed E-state index contributed by atoms with van der Waals surface area (Å²) in [6.07, 6.45) is 4.70. The van der Waals surface area contributed by atoms with Crippen LogP contribution in [-0.4, -0.2) is 49.3 Å². The number of fused-ring (bicyclic) bond motifs is 1. The number of nitrogens with zero attached hydrogens (tertiary/aromatic N) is 3. The second-order valence-electron chi connectivity index (χ2n) is 8.33. The van der Waals surface area contributed by atoms with Crippen LogP contribution in [-0.2, 0) is 0 Å². The van der Waals surface area contributed by atoms with Crippen LogP contribution in [0.1, 0.15) is 18.9 Å². The second kappa shape index (κ2) is 10.5. The van der Waals surface area contributed by atoms with Gasteiger partial charge in [0, 0.05) is 72.8 Å². The minimum atomic E-state index is -0.315. The van der Waals surface area contributed by atoms with Gasteiger partial charge in [0.25, 0.3) is 0 Å². The van der Waals surface area contributed by atoms with Crippen LogP contribution in [0.4, 0.5) is 20.2 Å². The molecule has 7 heteroatoms. The van der Waals surface area contributed by atoms with Crippen LogP contribution in [0.15, 0.2) is 59.7 Å². The Bertz CT molecular complexity index is 1150. The third-order valence-corrected chi connectivity index (χ3v) is 5.99. The molecule has 1 aliphatic heterocycles. The lowest BCUT2D eigenvalue weighted by molar-refractivity contribution is 0.108. The zero-order valence-corrected chi connectivity index (χ0v) is 18.8. The van der Waals surface area contributed by atoms with Crippen LogP contribution in [0.2, 0.25) is 0 Å². The molecule has 2 heterocycles. The summed E-state index contributed by atoms with van der Waals surface area (Å²) in [5.74, 6) is 0.00547. The molecule has 0 aliphatic carbocycles. The number of anilines is 1. The molecule has 0 atom stereocenters. The SMILES string of the molecule is C=Nc1cc(F)ccc1/C(=C\C)NCCCN1CC(CNc2ccnc3cc(F)ccc23)C1. The Morgan fingerprint density at radius 2 is 1.97 bits per heavy atom. The van der Waals surface area contributed by atoms with Gasteiger partial charge in [-0.2, -0.15) is 0 Å². The van der Waals surface area contributed by atoms with E-state index in [9.17, 15) is 8.78 Å². The van der Waals surface area contributed by atoms with Gasteiger partial charge in [-0.05, 0) is 56.9 Å². The van der Waals surface area contributed by atoms with E-state index in [-0.39, 0.29) is 11.6 Å². The van der Waals surface area contributed by atoms with Crippen molar-refractivity contribution in [2.24, 2.45) is 10.9 Å². The van der Waals surface area contributed by atoms with Crippen molar-refractivity contribution in [3.63, 3.8) is 0 Å². The van der Waals surface area contributed by atoms with Crippen LogP contribution in [0.5, 0.6) is 0 Å². The van der Waals surface area contributed by atoms with Gasteiger partial charge in [-0.25, -0.2) is 8.78 Å². The van der Waals surface area contributed by atoms with Gasteiger partial charge < -0.3 is 15.5 Å². The summed E-state index contributed by atoms with van der Waals surface area (Å²) in [7, 11) is 0. The first kappa shape index (κ1) is 22.9. The lowest BCUT2D eigenvalue weighted by Gasteiger charge is -2.39. The number of nitrogens with one attached hydrogen (secondary N) is 2. The number of hydrogen-bond donors (Lipinski definition) is 2. The lowest BCUT2D eigenvalue weighted by atomic mass is 9.99. The van der Waals surface area contributed by atoms with E-state index in [0.29, 0.717) is 17.1 Å². The van der Waals surface area contributed by atoms with E-state index in [4.69, 9.17) is 0 Å². The highest BCUT2D eigenvalue weighted by Gasteiger charge is 2.25. The average molecular weight is 450 g/mol. The summed E-state index contributed by atoms with van der Waals surface area (Å²) >= 11 is 0. The molecule has 4 rings (SSSR count). The molecule has 1 aromatic heterocycles. The fourth-order valence-electron chi connectivity index (χ4n) is 4.26. The molecule has 172 valence electrons. The Balaban J connectivity index is 1.18. The van der Waals surface area contributed by atoms with Crippen molar-refractivity contribution in [2.45, 2.75) is 13.3 Å². The van der Waals surface area contributed by atoms with Gasteiger partial charge in [0.1, 0.15) is 11.6 Å². The van der Waals surface area contributed by atoms with Crippen molar-refractivity contribution in [1.82, 2.24) is 15.2 Å². The highest BCUT2D eigenvalue weighted by atomic mass is 19.1. The van der Waals surface area contributed by atoms with E-state index >= 15 is 0 Å². The normalized spacial score (nSPS) is 14.8. The maximum Gasteiger partial charge on any atom is 0.125 e. The first-order valence-corrected chi connectivity index (χ1v) is 11.2. The van der Waals surface area contributed by atoms with E-state index in [1.54, 1.807) is 18.3 Å². The van der Waals surface area contributed by atoms with Crippen LogP contribution < -0.4 is 10.6 Å². The maximum atomic E-state index is 13.5. The van der Waals surface area contributed by atoms with Gasteiger partial charge in [-0.3, -0.25) is 9.98 Å². The Hall–Kier alpha value is -3.32. The number of benzene rings is 2. The Morgan fingerprint density at radius 1 is 1.18 bits per heavy atom. The smallest absolute Gasteiger partial charge is 0.125 e. The number of halogens is 2. The third kappa shape index (κ3) is 5.54. The summed E-state index contributed by atoms with van der Waals surface area (Å²) in [4.78, 5) is 10.6. The Morgan fingerprint density at radius 3 is 2.76 bits per heavy atom. The lowest BCUT2D eigenvalue weighted by Crippen LogP contribution is -2.50. The fraction of sp³-hybridized carbons (Fsp3) is 0.308. The number of hydrogen-bond acceptors (Lipinski definition) is 5. The van der Waals surface area contributed by atoms with E-state index < -0.39 is 0 Å². The molecule has 2 N–H and O–H groups in total. The van der Waals surface area contributed by atoms with Crippen molar-refractivity contribution in [1.29, 1.82) is 0 Å². The number of likely N-dealkylation sites (tertiary alicyclic amines) is 1. The zero-order valence-electron chi connectivity index (χ0n) is 18.8. The van der Waals surface area contributed by atoms with Crippen molar-refractivity contribution in [3.8, 4) is 0 Å². The van der Waals surface area contributed by atoms with Gasteiger partial charge in [0.05, 0.1) is 11.2 Å². The highest BCUT2D eigenvalue weighted by Crippen LogP contribution is 2.26. The molecule has 3 aromatic rings. The molecule has 0 bridgehead atoms. The zero-order chi connectivity index (χ0) is 23.2. The molecule has 1 fully saturated rings. The monoisotopic (exact) mass is 449 g/mol. The molecule has 33 heavy (non-hydrogen) atoms.